The molecule has 0 unspecified atom stereocenters. The van der Waals surface area contributed by atoms with E-state index < -0.39 is 0 Å². The molecule has 0 radical (unpaired) electrons. The van der Waals surface area contributed by atoms with Gasteiger partial charge in [0.15, 0.2) is 0 Å². The van der Waals surface area contributed by atoms with Crippen LogP contribution in [-0.4, -0.2) is 5.71 Å². The van der Waals surface area contributed by atoms with Crippen molar-refractivity contribution in [3.8, 4) is 0 Å². The maximum atomic E-state index is 4.68. The maximum Gasteiger partial charge on any atom is 0.0745 e. The van der Waals surface area contributed by atoms with Crippen molar-refractivity contribution in [3.63, 3.8) is 0 Å². The molecule has 1 heterocycles. The van der Waals surface area contributed by atoms with Crippen LogP contribution >= 0.6 is 0 Å². The van der Waals surface area contributed by atoms with Crippen LogP contribution < -0.4 is 10.4 Å². The highest BCUT2D eigenvalue weighted by molar-refractivity contribution is 6.00. The molecule has 0 amide bonds. The molecule has 1 aliphatic carbocycles. The zero-order chi connectivity index (χ0) is 9.54. The Morgan fingerprint density at radius 2 is 1.86 bits per heavy atom. The van der Waals surface area contributed by atoms with Gasteiger partial charge in [-0.1, -0.05) is 24.3 Å². The van der Waals surface area contributed by atoms with Gasteiger partial charge in [-0.3, -0.25) is 4.99 Å². The quantitative estimate of drug-likeness (QED) is 0.579. The van der Waals surface area contributed by atoms with Crippen LogP contribution in [0.2, 0.25) is 0 Å². The van der Waals surface area contributed by atoms with Crippen LogP contribution in [0.1, 0.15) is 26.2 Å². The molecule has 1 heteroatoms. The molecule has 0 atom stereocenters. The van der Waals surface area contributed by atoms with E-state index in [0.717, 1.165) is 6.42 Å². The van der Waals surface area contributed by atoms with Crippen LogP contribution in [0.5, 0.6) is 0 Å². The summed E-state index contributed by atoms with van der Waals surface area (Å²) in [6.07, 6.45) is 3.61. The number of aliphatic imine (C=N–C) groups is 1. The summed E-state index contributed by atoms with van der Waals surface area (Å²) in [7, 11) is 0. The van der Waals surface area contributed by atoms with Crippen LogP contribution in [-0.2, 0) is 0 Å². The lowest BCUT2D eigenvalue weighted by molar-refractivity contribution is 0.912. The molecule has 0 bridgehead atoms. The Bertz CT molecular complexity index is 535. The second kappa shape index (κ2) is 2.81. The second-order valence-corrected chi connectivity index (χ2v) is 4.07. The number of benzene rings is 1. The lowest BCUT2D eigenvalue weighted by Gasteiger charge is -2.14. The monoisotopic (exact) mass is 183 g/mol. The highest BCUT2D eigenvalue weighted by Gasteiger charge is 2.18. The van der Waals surface area contributed by atoms with Gasteiger partial charge >= 0.3 is 0 Å². The predicted octanol–water partition coefficient (Wildman–Crippen LogP) is 1.60. The second-order valence-electron chi connectivity index (χ2n) is 4.07. The van der Waals surface area contributed by atoms with E-state index >= 15 is 0 Å². The van der Waals surface area contributed by atoms with E-state index in [0.29, 0.717) is 0 Å². The predicted molar refractivity (Wildman–Crippen MR) is 59.5 cm³/mol. The molecule has 70 valence electrons. The molecule has 0 spiro atoms. The van der Waals surface area contributed by atoms with E-state index in [1.165, 1.54) is 40.3 Å². The Hall–Kier alpha value is -1.37. The van der Waals surface area contributed by atoms with E-state index in [2.05, 4.69) is 36.2 Å². The minimum atomic E-state index is 1.15. The van der Waals surface area contributed by atoms with Gasteiger partial charge in [-0.05, 0) is 37.0 Å². The summed E-state index contributed by atoms with van der Waals surface area (Å²) >= 11 is 0. The summed E-state index contributed by atoms with van der Waals surface area (Å²) < 4.78 is 0. The molecule has 1 aliphatic heterocycles. The first-order chi connectivity index (χ1) is 6.86. The van der Waals surface area contributed by atoms with Crippen molar-refractivity contribution in [1.29, 1.82) is 0 Å². The molecule has 1 aromatic carbocycles. The smallest absolute Gasteiger partial charge is 0.0745 e. The van der Waals surface area contributed by atoms with Gasteiger partial charge in [-0.15, -0.1) is 0 Å². The van der Waals surface area contributed by atoms with Crippen LogP contribution in [0.3, 0.4) is 0 Å². The van der Waals surface area contributed by atoms with Crippen molar-refractivity contribution in [3.05, 3.63) is 34.7 Å². The summed E-state index contributed by atoms with van der Waals surface area (Å²) in [4.78, 5) is 4.68. The lowest BCUT2D eigenvalue weighted by atomic mass is 9.93. The van der Waals surface area contributed by atoms with E-state index in [4.69, 9.17) is 0 Å². The molecule has 0 N–H and O–H groups in total. The third-order valence-electron chi connectivity index (χ3n) is 3.06. The fraction of sp³-hybridized carbons (Fsp3) is 0.308. The molecule has 0 fully saturated rings. The fourth-order valence-electron chi connectivity index (χ4n) is 2.33. The van der Waals surface area contributed by atoms with Crippen LogP contribution in [0, 0.1) is 0 Å². The maximum absolute atomic E-state index is 4.68. The topological polar surface area (TPSA) is 12.4 Å². The summed E-state index contributed by atoms with van der Waals surface area (Å²) in [5.74, 6) is 0. The summed E-state index contributed by atoms with van der Waals surface area (Å²) in [6, 6.07) is 8.60. The summed E-state index contributed by atoms with van der Waals surface area (Å²) in [5.41, 5.74) is 4.03. The SMILES string of the molecule is CC1=NC2=c3ccccc3=C2CCC1. The van der Waals surface area contributed by atoms with E-state index in [9.17, 15) is 0 Å². The molecular weight excluding hydrogens is 170 g/mol. The molecule has 0 aromatic heterocycles. The number of nitrogens with zero attached hydrogens (tertiary/aromatic N) is 1. The van der Waals surface area contributed by atoms with Gasteiger partial charge < -0.3 is 0 Å². The Kier molecular flexibility index (Phi) is 1.60. The van der Waals surface area contributed by atoms with E-state index in [1.54, 1.807) is 0 Å². The third-order valence-corrected chi connectivity index (χ3v) is 3.06. The molecule has 14 heavy (non-hydrogen) atoms. The van der Waals surface area contributed by atoms with Crippen LogP contribution in [0.4, 0.5) is 0 Å². The fourth-order valence-corrected chi connectivity index (χ4v) is 2.33. The van der Waals surface area contributed by atoms with Crippen molar-refractivity contribution in [1.82, 2.24) is 0 Å². The first-order valence-corrected chi connectivity index (χ1v) is 5.23. The van der Waals surface area contributed by atoms with Crippen LogP contribution in [0.25, 0.3) is 11.3 Å². The molecule has 0 saturated carbocycles. The van der Waals surface area contributed by atoms with Crippen molar-refractivity contribution in [2.24, 2.45) is 4.99 Å². The molecule has 2 aliphatic rings. The Balaban J connectivity index is 2.30. The first kappa shape index (κ1) is 7.98. The van der Waals surface area contributed by atoms with Gasteiger partial charge in [0, 0.05) is 10.9 Å². The zero-order valence-electron chi connectivity index (χ0n) is 8.38. The van der Waals surface area contributed by atoms with E-state index in [1.807, 2.05) is 0 Å². The van der Waals surface area contributed by atoms with Gasteiger partial charge in [0.25, 0.3) is 0 Å². The van der Waals surface area contributed by atoms with Crippen molar-refractivity contribution >= 4 is 17.0 Å². The molecular formula is C13H13N. The van der Waals surface area contributed by atoms with Crippen LogP contribution in [0.15, 0.2) is 29.3 Å². The van der Waals surface area contributed by atoms with Crippen molar-refractivity contribution < 1.29 is 0 Å². The molecule has 1 aromatic rings. The minimum absolute atomic E-state index is 1.15. The van der Waals surface area contributed by atoms with Gasteiger partial charge in [0.05, 0.1) is 5.70 Å². The first-order valence-electron chi connectivity index (χ1n) is 5.23. The van der Waals surface area contributed by atoms with Gasteiger partial charge in [0.1, 0.15) is 0 Å². The largest absolute Gasteiger partial charge is 0.257 e. The standard InChI is InChI=1S/C13H13N/c1-9-5-4-8-12-10-6-2-3-7-11(10)13(12)14-9/h2-3,6-7H,4-5,8H2,1H3. The van der Waals surface area contributed by atoms with Gasteiger partial charge in [-0.2, -0.15) is 0 Å². The number of rotatable bonds is 0. The molecule has 1 nitrogen and oxygen atoms in total. The number of fused-ring (bicyclic) bond motifs is 2. The zero-order valence-corrected chi connectivity index (χ0v) is 8.38. The van der Waals surface area contributed by atoms with Crippen molar-refractivity contribution in [2.75, 3.05) is 0 Å². The van der Waals surface area contributed by atoms with Gasteiger partial charge in [-0.25, -0.2) is 0 Å². The average molecular weight is 183 g/mol. The highest BCUT2D eigenvalue weighted by atomic mass is 14.8. The molecule has 0 saturated heterocycles. The number of hydrogen-bond acceptors (Lipinski definition) is 1. The highest BCUT2D eigenvalue weighted by Crippen LogP contribution is 2.25. The molecule has 3 rings (SSSR count). The van der Waals surface area contributed by atoms with Gasteiger partial charge in [0.2, 0.25) is 0 Å². The third kappa shape index (κ3) is 0.985. The summed E-state index contributed by atoms with van der Waals surface area (Å²) in [6.45, 7) is 2.14. The average Bonchev–Trinajstić information content (AvgIpc) is 2.36. The summed E-state index contributed by atoms with van der Waals surface area (Å²) in [5, 5.41) is 2.78. The minimum Gasteiger partial charge on any atom is -0.257 e. The Morgan fingerprint density at radius 3 is 2.71 bits per heavy atom. The number of hydrogen-bond donors (Lipinski definition) is 0. The Morgan fingerprint density at radius 1 is 1.07 bits per heavy atom. The lowest BCUT2D eigenvalue weighted by Crippen LogP contribution is -2.37. The van der Waals surface area contributed by atoms with Crippen molar-refractivity contribution in [2.45, 2.75) is 26.2 Å². The van der Waals surface area contributed by atoms with E-state index in [-0.39, 0.29) is 0 Å². The Labute approximate surface area is 83.5 Å². The normalized spacial score (nSPS) is 19.1.